The minimum atomic E-state index is -0.461. The van der Waals surface area contributed by atoms with Crippen molar-refractivity contribution in [1.82, 2.24) is 15.1 Å². The quantitative estimate of drug-likeness (QED) is 0.678. The highest BCUT2D eigenvalue weighted by molar-refractivity contribution is 6.04. The number of hydrogen-bond donors (Lipinski definition) is 2. The van der Waals surface area contributed by atoms with Gasteiger partial charge >= 0.3 is 0 Å². The van der Waals surface area contributed by atoms with Crippen molar-refractivity contribution in [3.63, 3.8) is 0 Å². The Bertz CT molecular complexity index is 1190. The second-order valence-corrected chi connectivity index (χ2v) is 6.70. The maximum atomic E-state index is 12.8. The Hall–Kier alpha value is -3.88. The summed E-state index contributed by atoms with van der Waals surface area (Å²) >= 11 is 0. The molecule has 30 heavy (non-hydrogen) atoms. The number of benzene rings is 2. The molecule has 0 saturated heterocycles. The van der Waals surface area contributed by atoms with E-state index in [9.17, 15) is 14.4 Å². The number of carbonyl (C=O) groups excluding carboxylic acids is 2. The molecule has 3 aromatic rings. The van der Waals surface area contributed by atoms with Crippen molar-refractivity contribution in [2.24, 2.45) is 0 Å². The molecule has 9 heteroatoms. The van der Waals surface area contributed by atoms with Gasteiger partial charge in [0.15, 0.2) is 17.2 Å². The van der Waals surface area contributed by atoms with E-state index in [1.165, 1.54) is 7.05 Å². The first kappa shape index (κ1) is 19.4. The molecule has 2 N–H and O–H groups in total. The predicted octanol–water partition coefficient (Wildman–Crippen LogP) is 1.56. The fourth-order valence-corrected chi connectivity index (χ4v) is 3.21. The lowest BCUT2D eigenvalue weighted by atomic mass is 10.1. The van der Waals surface area contributed by atoms with Crippen molar-refractivity contribution in [3.8, 4) is 11.5 Å². The first-order valence-corrected chi connectivity index (χ1v) is 9.48. The van der Waals surface area contributed by atoms with Gasteiger partial charge in [-0.15, -0.1) is 0 Å². The van der Waals surface area contributed by atoms with Crippen LogP contribution in [0.3, 0.4) is 0 Å². The topological polar surface area (TPSA) is 112 Å². The largest absolute Gasteiger partial charge is 0.490 e. The second-order valence-electron chi connectivity index (χ2n) is 6.70. The summed E-state index contributed by atoms with van der Waals surface area (Å²) in [5.41, 5.74) is 0.132. The maximum Gasteiger partial charge on any atom is 0.275 e. The van der Waals surface area contributed by atoms with Crippen LogP contribution in [-0.4, -0.2) is 41.9 Å². The molecule has 0 atom stereocenters. The highest BCUT2D eigenvalue weighted by Gasteiger charge is 2.17. The predicted molar refractivity (Wildman–Crippen MR) is 110 cm³/mol. The van der Waals surface area contributed by atoms with Crippen LogP contribution in [0.2, 0.25) is 0 Å². The number of anilines is 1. The number of nitrogens with zero attached hydrogens (tertiary/aromatic N) is 2. The van der Waals surface area contributed by atoms with Crippen LogP contribution in [0.25, 0.3) is 10.8 Å². The standard InChI is InChI=1S/C21H20N4O5/c1-22-20(27)19-14-5-2-3-6-15(14)21(28)25(24-19)12-18(26)23-13-7-8-16-17(11-13)30-10-4-9-29-16/h2-3,5-8,11H,4,9-10,12H2,1H3,(H,22,27)(H,23,26). The molecule has 0 radical (unpaired) electrons. The highest BCUT2D eigenvalue weighted by Crippen LogP contribution is 2.32. The fourth-order valence-electron chi connectivity index (χ4n) is 3.21. The number of ether oxygens (including phenoxy) is 2. The summed E-state index contributed by atoms with van der Waals surface area (Å²) in [5, 5.41) is 10.1. The van der Waals surface area contributed by atoms with E-state index in [4.69, 9.17) is 9.47 Å². The van der Waals surface area contributed by atoms with Crippen LogP contribution in [-0.2, 0) is 11.3 Å². The average molecular weight is 408 g/mol. The molecule has 9 nitrogen and oxygen atoms in total. The van der Waals surface area contributed by atoms with Gasteiger partial charge in [0, 0.05) is 30.6 Å². The second kappa shape index (κ2) is 8.24. The van der Waals surface area contributed by atoms with E-state index in [1.807, 2.05) is 0 Å². The number of rotatable bonds is 4. The first-order valence-electron chi connectivity index (χ1n) is 9.48. The van der Waals surface area contributed by atoms with Gasteiger partial charge in [0.05, 0.1) is 18.6 Å². The molecule has 0 aliphatic carbocycles. The van der Waals surface area contributed by atoms with E-state index < -0.39 is 17.4 Å². The molecule has 154 valence electrons. The SMILES string of the molecule is CNC(=O)c1nn(CC(=O)Nc2ccc3c(c2)OCCCO3)c(=O)c2ccccc12. The Labute approximate surface area is 171 Å². The number of aromatic nitrogens is 2. The third-order valence-corrected chi connectivity index (χ3v) is 4.63. The molecule has 0 spiro atoms. The highest BCUT2D eigenvalue weighted by atomic mass is 16.5. The van der Waals surface area contributed by atoms with Crippen molar-refractivity contribution in [2.75, 3.05) is 25.6 Å². The van der Waals surface area contributed by atoms with E-state index in [2.05, 4.69) is 15.7 Å². The average Bonchev–Trinajstić information content (AvgIpc) is 3.00. The third-order valence-electron chi connectivity index (χ3n) is 4.63. The minimum Gasteiger partial charge on any atom is -0.490 e. The zero-order valence-electron chi connectivity index (χ0n) is 16.3. The Morgan fingerprint density at radius 1 is 1.07 bits per heavy atom. The summed E-state index contributed by atoms with van der Waals surface area (Å²) in [4.78, 5) is 37.6. The van der Waals surface area contributed by atoms with Crippen molar-refractivity contribution in [1.29, 1.82) is 0 Å². The Balaban J connectivity index is 1.60. The normalized spacial score (nSPS) is 12.8. The van der Waals surface area contributed by atoms with Crippen LogP contribution in [0.1, 0.15) is 16.9 Å². The van der Waals surface area contributed by atoms with Crippen molar-refractivity contribution in [2.45, 2.75) is 13.0 Å². The minimum absolute atomic E-state index is 0.0797. The van der Waals surface area contributed by atoms with Crippen LogP contribution >= 0.6 is 0 Å². The Kier molecular flexibility index (Phi) is 5.34. The molecule has 1 aromatic heterocycles. The van der Waals surface area contributed by atoms with Crippen molar-refractivity contribution < 1.29 is 19.1 Å². The van der Waals surface area contributed by atoms with E-state index in [1.54, 1.807) is 42.5 Å². The number of hydrogen-bond acceptors (Lipinski definition) is 6. The Morgan fingerprint density at radius 3 is 2.57 bits per heavy atom. The number of fused-ring (bicyclic) bond motifs is 2. The lowest BCUT2D eigenvalue weighted by Gasteiger charge is -2.12. The molecule has 0 saturated carbocycles. The van der Waals surface area contributed by atoms with Gasteiger partial charge < -0.3 is 20.1 Å². The number of nitrogens with one attached hydrogen (secondary N) is 2. The molecule has 0 unspecified atom stereocenters. The first-order chi connectivity index (χ1) is 14.6. The summed E-state index contributed by atoms with van der Waals surface area (Å²) in [6.45, 7) is 0.758. The van der Waals surface area contributed by atoms with E-state index in [0.29, 0.717) is 41.2 Å². The van der Waals surface area contributed by atoms with Gasteiger partial charge in [-0.1, -0.05) is 18.2 Å². The van der Waals surface area contributed by atoms with Gasteiger partial charge in [-0.2, -0.15) is 5.10 Å². The molecule has 2 amide bonds. The van der Waals surface area contributed by atoms with E-state index in [0.717, 1.165) is 11.1 Å². The molecule has 1 aliphatic rings. The van der Waals surface area contributed by atoms with Crippen molar-refractivity contribution in [3.05, 3.63) is 58.5 Å². The van der Waals surface area contributed by atoms with Crippen LogP contribution in [0.15, 0.2) is 47.3 Å². The van der Waals surface area contributed by atoms with E-state index >= 15 is 0 Å². The van der Waals surface area contributed by atoms with Gasteiger partial charge in [0.1, 0.15) is 6.54 Å². The lowest BCUT2D eigenvalue weighted by molar-refractivity contribution is -0.117. The molecular weight excluding hydrogens is 388 g/mol. The summed E-state index contributed by atoms with van der Waals surface area (Å²) in [7, 11) is 1.48. The summed E-state index contributed by atoms with van der Waals surface area (Å²) < 4.78 is 12.2. The zero-order valence-corrected chi connectivity index (χ0v) is 16.3. The van der Waals surface area contributed by atoms with Gasteiger partial charge in [-0.05, 0) is 18.2 Å². The molecule has 1 aliphatic heterocycles. The van der Waals surface area contributed by atoms with E-state index in [-0.39, 0.29) is 12.2 Å². The molecule has 0 fully saturated rings. The summed E-state index contributed by atoms with van der Waals surface area (Å²) in [6.07, 6.45) is 0.778. The lowest BCUT2D eigenvalue weighted by Crippen LogP contribution is -2.33. The molecule has 0 bridgehead atoms. The Morgan fingerprint density at radius 2 is 1.80 bits per heavy atom. The third kappa shape index (κ3) is 3.82. The summed E-state index contributed by atoms with van der Waals surface area (Å²) in [6, 6.07) is 11.8. The molecule has 2 aromatic carbocycles. The van der Waals surface area contributed by atoms with Gasteiger partial charge in [0.2, 0.25) is 5.91 Å². The van der Waals surface area contributed by atoms with Gasteiger partial charge in [-0.3, -0.25) is 14.4 Å². The molecule has 4 rings (SSSR count). The number of amides is 2. The smallest absolute Gasteiger partial charge is 0.275 e. The summed E-state index contributed by atoms with van der Waals surface area (Å²) in [5.74, 6) is 0.266. The van der Waals surface area contributed by atoms with Crippen LogP contribution in [0.5, 0.6) is 11.5 Å². The maximum absolute atomic E-state index is 12.8. The number of carbonyl (C=O) groups is 2. The zero-order chi connectivity index (χ0) is 21.1. The van der Waals surface area contributed by atoms with Crippen LogP contribution < -0.4 is 25.7 Å². The van der Waals surface area contributed by atoms with Crippen molar-refractivity contribution >= 4 is 28.3 Å². The fraction of sp³-hybridized carbons (Fsp3) is 0.238. The van der Waals surface area contributed by atoms with Gasteiger partial charge in [0.25, 0.3) is 11.5 Å². The molecular formula is C21H20N4O5. The van der Waals surface area contributed by atoms with Crippen LogP contribution in [0, 0.1) is 0 Å². The monoisotopic (exact) mass is 408 g/mol. The van der Waals surface area contributed by atoms with Gasteiger partial charge in [-0.25, -0.2) is 4.68 Å². The molecule has 2 heterocycles. The van der Waals surface area contributed by atoms with Crippen LogP contribution in [0.4, 0.5) is 5.69 Å².